The molecule has 0 saturated heterocycles. The highest BCUT2D eigenvalue weighted by Gasteiger charge is 2.20. The molecule has 0 unspecified atom stereocenters. The maximum Gasteiger partial charge on any atom is 0.344 e. The summed E-state index contributed by atoms with van der Waals surface area (Å²) < 4.78 is 16.2. The molecule has 1 aliphatic carbocycles. The molecule has 7 nitrogen and oxygen atoms in total. The van der Waals surface area contributed by atoms with E-state index in [1.807, 2.05) is 6.07 Å². The van der Waals surface area contributed by atoms with Gasteiger partial charge in [-0.2, -0.15) is 5.26 Å². The number of amides is 1. The molecule has 0 atom stereocenters. The van der Waals surface area contributed by atoms with Crippen LogP contribution in [0.2, 0.25) is 0 Å². The van der Waals surface area contributed by atoms with Crippen molar-refractivity contribution in [3.05, 3.63) is 27.7 Å². The zero-order chi connectivity index (χ0) is 20.5. The highest BCUT2D eigenvalue weighted by atomic mass is 79.9. The molecule has 0 bridgehead atoms. The van der Waals surface area contributed by atoms with Crippen molar-refractivity contribution < 1.29 is 23.8 Å². The summed E-state index contributed by atoms with van der Waals surface area (Å²) in [5, 5.41) is 12.3. The molecule has 1 amide bonds. The molecule has 1 aliphatic rings. The van der Waals surface area contributed by atoms with E-state index in [9.17, 15) is 14.9 Å². The molecule has 1 N–H and O–H groups in total. The van der Waals surface area contributed by atoms with Crippen LogP contribution in [0.1, 0.15) is 38.2 Å². The first-order valence-corrected chi connectivity index (χ1v) is 9.86. The van der Waals surface area contributed by atoms with Crippen LogP contribution in [0.25, 0.3) is 6.08 Å². The van der Waals surface area contributed by atoms with Crippen molar-refractivity contribution >= 4 is 33.9 Å². The Morgan fingerprint density at radius 3 is 2.64 bits per heavy atom. The fourth-order valence-electron chi connectivity index (χ4n) is 2.91. The fourth-order valence-corrected chi connectivity index (χ4v) is 3.35. The van der Waals surface area contributed by atoms with E-state index in [4.69, 9.17) is 14.2 Å². The molecule has 1 saturated carbocycles. The Morgan fingerprint density at radius 2 is 2.04 bits per heavy atom. The molecule has 0 aromatic heterocycles. The van der Waals surface area contributed by atoms with Gasteiger partial charge in [0, 0.05) is 10.5 Å². The average molecular weight is 451 g/mol. The van der Waals surface area contributed by atoms with E-state index >= 15 is 0 Å². The lowest BCUT2D eigenvalue weighted by Gasteiger charge is -2.13. The van der Waals surface area contributed by atoms with Crippen LogP contribution in [-0.4, -0.2) is 38.2 Å². The number of methoxy groups -OCH3 is 1. The predicted molar refractivity (Wildman–Crippen MR) is 107 cm³/mol. The Balaban J connectivity index is 2.19. The molecule has 1 aromatic carbocycles. The molecule has 28 heavy (non-hydrogen) atoms. The largest absolute Gasteiger partial charge is 0.493 e. The molecule has 0 heterocycles. The number of halogens is 1. The molecule has 150 valence electrons. The third-order valence-electron chi connectivity index (χ3n) is 4.29. The van der Waals surface area contributed by atoms with Gasteiger partial charge in [0.15, 0.2) is 18.1 Å². The zero-order valence-corrected chi connectivity index (χ0v) is 17.5. The van der Waals surface area contributed by atoms with Crippen molar-refractivity contribution in [2.45, 2.75) is 38.6 Å². The minimum Gasteiger partial charge on any atom is -0.493 e. The third-order valence-corrected chi connectivity index (χ3v) is 4.98. The van der Waals surface area contributed by atoms with Crippen LogP contribution in [0, 0.1) is 11.3 Å². The number of carbonyl (C=O) groups is 2. The molecule has 0 aliphatic heterocycles. The summed E-state index contributed by atoms with van der Waals surface area (Å²) in [6.45, 7) is 1.73. The van der Waals surface area contributed by atoms with Gasteiger partial charge in [-0.05, 0) is 43.5 Å². The van der Waals surface area contributed by atoms with Gasteiger partial charge in [-0.1, -0.05) is 28.8 Å². The van der Waals surface area contributed by atoms with Crippen LogP contribution < -0.4 is 14.8 Å². The Kier molecular flexibility index (Phi) is 8.33. The molecule has 2 rings (SSSR count). The van der Waals surface area contributed by atoms with Gasteiger partial charge in [0.25, 0.3) is 5.91 Å². The summed E-state index contributed by atoms with van der Waals surface area (Å²) >= 11 is 3.41. The molecular weight excluding hydrogens is 428 g/mol. The van der Waals surface area contributed by atoms with E-state index in [1.54, 1.807) is 19.1 Å². The maximum absolute atomic E-state index is 12.4. The van der Waals surface area contributed by atoms with Gasteiger partial charge < -0.3 is 19.5 Å². The summed E-state index contributed by atoms with van der Waals surface area (Å²) in [5.41, 5.74) is 0.591. The van der Waals surface area contributed by atoms with Gasteiger partial charge in [-0.15, -0.1) is 0 Å². The van der Waals surface area contributed by atoms with Gasteiger partial charge >= 0.3 is 5.97 Å². The number of nitrogens with zero attached hydrogens (tertiary/aromatic N) is 1. The predicted octanol–water partition coefficient (Wildman–Crippen LogP) is 3.37. The highest BCUT2D eigenvalue weighted by molar-refractivity contribution is 9.10. The lowest BCUT2D eigenvalue weighted by molar-refractivity contribution is -0.145. The van der Waals surface area contributed by atoms with Crippen molar-refractivity contribution in [1.82, 2.24) is 5.32 Å². The smallest absolute Gasteiger partial charge is 0.344 e. The Hall–Kier alpha value is -2.53. The van der Waals surface area contributed by atoms with Crippen LogP contribution in [0.4, 0.5) is 0 Å². The minimum atomic E-state index is -0.486. The van der Waals surface area contributed by atoms with E-state index < -0.39 is 5.97 Å². The summed E-state index contributed by atoms with van der Waals surface area (Å²) in [5.74, 6) is -0.163. The van der Waals surface area contributed by atoms with Gasteiger partial charge in [-0.3, -0.25) is 4.79 Å². The normalized spacial score (nSPS) is 14.3. The number of hydrogen-bond donors (Lipinski definition) is 1. The van der Waals surface area contributed by atoms with Crippen molar-refractivity contribution in [3.63, 3.8) is 0 Å². The molecule has 0 spiro atoms. The van der Waals surface area contributed by atoms with E-state index in [2.05, 4.69) is 21.2 Å². The molecular formula is C20H23BrN2O5. The Bertz CT molecular complexity index is 795. The zero-order valence-electron chi connectivity index (χ0n) is 15.9. The van der Waals surface area contributed by atoms with Crippen LogP contribution in [0.3, 0.4) is 0 Å². The summed E-state index contributed by atoms with van der Waals surface area (Å²) in [6, 6.07) is 5.33. The van der Waals surface area contributed by atoms with Crippen LogP contribution in [0.5, 0.6) is 11.5 Å². The molecule has 8 heteroatoms. The minimum absolute atomic E-state index is 0.00912. The molecule has 1 fully saturated rings. The number of benzene rings is 1. The van der Waals surface area contributed by atoms with Crippen LogP contribution in [-0.2, 0) is 14.3 Å². The van der Waals surface area contributed by atoms with E-state index in [0.717, 1.165) is 25.7 Å². The molecule has 0 radical (unpaired) electrons. The Labute approximate surface area is 172 Å². The number of ether oxygens (including phenoxy) is 3. The summed E-state index contributed by atoms with van der Waals surface area (Å²) in [7, 11) is 1.46. The first-order chi connectivity index (χ1) is 13.5. The second-order valence-electron chi connectivity index (χ2n) is 6.24. The van der Waals surface area contributed by atoms with Gasteiger partial charge in [0.05, 0.1) is 13.7 Å². The summed E-state index contributed by atoms with van der Waals surface area (Å²) in [6.07, 6.45) is 5.55. The van der Waals surface area contributed by atoms with Crippen molar-refractivity contribution in [2.75, 3.05) is 20.3 Å². The monoisotopic (exact) mass is 450 g/mol. The Morgan fingerprint density at radius 1 is 1.32 bits per heavy atom. The third kappa shape index (κ3) is 5.99. The maximum atomic E-state index is 12.4. The highest BCUT2D eigenvalue weighted by Crippen LogP contribution is 2.34. The van der Waals surface area contributed by atoms with Crippen molar-refractivity contribution in [1.29, 1.82) is 5.26 Å². The van der Waals surface area contributed by atoms with Crippen molar-refractivity contribution in [3.8, 4) is 17.6 Å². The SMILES string of the molecule is CCOC(=O)COc1cc(Br)c(/C=C(/C#N)C(=O)NC2CCCC2)cc1OC. The number of carbonyl (C=O) groups excluding carboxylic acids is 2. The van der Waals surface area contributed by atoms with Gasteiger partial charge in [0.2, 0.25) is 0 Å². The first kappa shape index (κ1) is 21.8. The lowest BCUT2D eigenvalue weighted by atomic mass is 10.1. The lowest BCUT2D eigenvalue weighted by Crippen LogP contribution is -2.33. The topological polar surface area (TPSA) is 97.7 Å². The number of rotatable bonds is 8. The van der Waals surface area contributed by atoms with E-state index in [-0.39, 0.29) is 30.7 Å². The van der Waals surface area contributed by atoms with Gasteiger partial charge in [0.1, 0.15) is 11.6 Å². The fraction of sp³-hybridized carbons (Fsp3) is 0.450. The van der Waals surface area contributed by atoms with Crippen LogP contribution in [0.15, 0.2) is 22.2 Å². The van der Waals surface area contributed by atoms with Crippen molar-refractivity contribution in [2.24, 2.45) is 0 Å². The first-order valence-electron chi connectivity index (χ1n) is 9.07. The standard InChI is InChI=1S/C20H23BrN2O5/c1-3-27-19(24)12-28-18-10-16(21)13(9-17(18)26-2)8-14(11-22)20(25)23-15-6-4-5-7-15/h8-10,15H,3-7,12H2,1-2H3,(H,23,25)/b14-8-. The number of nitrogens with one attached hydrogen (secondary N) is 1. The van der Waals surface area contributed by atoms with Crippen LogP contribution >= 0.6 is 15.9 Å². The summed E-state index contributed by atoms with van der Waals surface area (Å²) in [4.78, 5) is 23.9. The van der Waals surface area contributed by atoms with Gasteiger partial charge in [-0.25, -0.2) is 4.79 Å². The van der Waals surface area contributed by atoms with E-state index in [0.29, 0.717) is 21.5 Å². The average Bonchev–Trinajstić information content (AvgIpc) is 3.18. The quantitative estimate of drug-likeness (QED) is 0.370. The molecule has 1 aromatic rings. The number of hydrogen-bond acceptors (Lipinski definition) is 6. The number of esters is 1. The van der Waals surface area contributed by atoms with E-state index in [1.165, 1.54) is 13.2 Å². The second kappa shape index (κ2) is 10.7. The number of nitriles is 1. The second-order valence-corrected chi connectivity index (χ2v) is 7.10.